The second-order valence-electron chi connectivity index (χ2n) is 9.71. The number of carbonyl (C=O) groups is 1. The van der Waals surface area contributed by atoms with Gasteiger partial charge >= 0.3 is 0 Å². The monoisotopic (exact) mass is 471 g/mol. The molecule has 1 aromatic heterocycles. The van der Waals surface area contributed by atoms with Gasteiger partial charge in [-0.3, -0.25) is 14.4 Å². The van der Waals surface area contributed by atoms with E-state index in [0.29, 0.717) is 63.4 Å². The number of aliphatic hydroxyl groups excluding tert-OH is 2. The molecule has 3 heterocycles. The Morgan fingerprint density at radius 1 is 1.15 bits per heavy atom. The summed E-state index contributed by atoms with van der Waals surface area (Å²) in [6.45, 7) is 5.74. The highest BCUT2D eigenvalue weighted by molar-refractivity contribution is 5.76. The van der Waals surface area contributed by atoms with Gasteiger partial charge in [-0.25, -0.2) is 4.39 Å². The summed E-state index contributed by atoms with van der Waals surface area (Å²) in [5.41, 5.74) is 4.35. The first-order valence-corrected chi connectivity index (χ1v) is 12.4. The molecular formula is C25H34FN5O3. The van der Waals surface area contributed by atoms with Gasteiger partial charge < -0.3 is 20.0 Å². The number of hydrogen-bond donors (Lipinski definition) is 2. The lowest BCUT2D eigenvalue weighted by molar-refractivity contribution is -0.132. The molecule has 34 heavy (non-hydrogen) atoms. The molecule has 1 aromatic carbocycles. The number of carbonyl (C=O) groups excluding carboxylic acids is 1. The van der Waals surface area contributed by atoms with Crippen molar-refractivity contribution in [1.82, 2.24) is 19.6 Å². The maximum atomic E-state index is 14.0. The van der Waals surface area contributed by atoms with Crippen LogP contribution in [0.1, 0.15) is 48.0 Å². The van der Waals surface area contributed by atoms with Gasteiger partial charge in [0.25, 0.3) is 0 Å². The van der Waals surface area contributed by atoms with E-state index in [1.807, 2.05) is 15.9 Å². The van der Waals surface area contributed by atoms with Crippen molar-refractivity contribution >= 4 is 11.6 Å². The number of benzene rings is 1. The summed E-state index contributed by atoms with van der Waals surface area (Å²) in [5.74, 6) is -0.183. The molecule has 1 unspecified atom stereocenters. The summed E-state index contributed by atoms with van der Waals surface area (Å²) in [5, 5.41) is 25.5. The van der Waals surface area contributed by atoms with E-state index in [-0.39, 0.29) is 24.4 Å². The maximum absolute atomic E-state index is 14.0. The molecule has 184 valence electrons. The molecule has 2 aliphatic heterocycles. The Kier molecular flexibility index (Phi) is 6.59. The zero-order valence-corrected chi connectivity index (χ0v) is 19.8. The number of rotatable bonds is 5. The zero-order chi connectivity index (χ0) is 23.8. The fraction of sp³-hybridized carbons (Fsp3) is 0.600. The molecule has 8 nitrogen and oxygen atoms in total. The van der Waals surface area contributed by atoms with E-state index in [2.05, 4.69) is 4.90 Å². The van der Waals surface area contributed by atoms with E-state index in [9.17, 15) is 19.4 Å². The number of hydrogen-bond acceptors (Lipinski definition) is 6. The number of likely N-dealkylation sites (tertiary alicyclic amines) is 1. The SMILES string of the molecule is Cc1c(F)cccc1N1CCN(C(=O)Cn2nc(C(O)N3CCC(O)CC3)c3c2CCC3)CC1. The molecule has 2 aromatic rings. The lowest BCUT2D eigenvalue weighted by Crippen LogP contribution is -2.50. The summed E-state index contributed by atoms with van der Waals surface area (Å²) in [6.07, 6.45) is 2.96. The summed E-state index contributed by atoms with van der Waals surface area (Å²) in [6, 6.07) is 5.13. The van der Waals surface area contributed by atoms with Crippen LogP contribution in [0.3, 0.4) is 0 Å². The first-order chi connectivity index (χ1) is 16.4. The lowest BCUT2D eigenvalue weighted by Gasteiger charge is -2.37. The van der Waals surface area contributed by atoms with Crippen molar-refractivity contribution in [3.63, 3.8) is 0 Å². The van der Waals surface area contributed by atoms with Crippen molar-refractivity contribution in [3.05, 3.63) is 46.5 Å². The van der Waals surface area contributed by atoms with Crippen molar-refractivity contribution in [1.29, 1.82) is 0 Å². The number of amides is 1. The highest BCUT2D eigenvalue weighted by atomic mass is 19.1. The molecule has 3 aliphatic rings. The smallest absolute Gasteiger partial charge is 0.244 e. The quantitative estimate of drug-likeness (QED) is 0.690. The van der Waals surface area contributed by atoms with E-state index in [0.717, 1.165) is 36.2 Å². The van der Waals surface area contributed by atoms with Crippen LogP contribution >= 0.6 is 0 Å². The summed E-state index contributed by atoms with van der Waals surface area (Å²) < 4.78 is 15.7. The van der Waals surface area contributed by atoms with Gasteiger partial charge in [0.15, 0.2) is 6.23 Å². The van der Waals surface area contributed by atoms with Crippen molar-refractivity contribution < 1.29 is 19.4 Å². The first kappa shape index (κ1) is 23.3. The van der Waals surface area contributed by atoms with Crippen LogP contribution in [0.25, 0.3) is 0 Å². The van der Waals surface area contributed by atoms with Crippen LogP contribution < -0.4 is 4.90 Å². The minimum absolute atomic E-state index is 0.0231. The number of aromatic nitrogens is 2. The van der Waals surface area contributed by atoms with E-state index >= 15 is 0 Å². The molecule has 1 amide bonds. The zero-order valence-electron chi connectivity index (χ0n) is 19.8. The van der Waals surface area contributed by atoms with Crippen LogP contribution in [0.2, 0.25) is 0 Å². The number of nitrogens with zero attached hydrogens (tertiary/aromatic N) is 5. The number of piperazine rings is 1. The van der Waals surface area contributed by atoms with Crippen molar-refractivity contribution in [2.24, 2.45) is 0 Å². The molecule has 1 aliphatic carbocycles. The minimum Gasteiger partial charge on any atom is -0.393 e. The van der Waals surface area contributed by atoms with Crippen LogP contribution in [-0.4, -0.2) is 81.1 Å². The van der Waals surface area contributed by atoms with Gasteiger partial charge in [-0.2, -0.15) is 5.10 Å². The number of piperidine rings is 1. The Balaban J connectivity index is 1.24. The second kappa shape index (κ2) is 9.64. The maximum Gasteiger partial charge on any atom is 0.244 e. The average molecular weight is 472 g/mol. The molecule has 2 saturated heterocycles. The van der Waals surface area contributed by atoms with Crippen LogP contribution in [0.5, 0.6) is 0 Å². The Morgan fingerprint density at radius 2 is 1.88 bits per heavy atom. The molecule has 2 fully saturated rings. The number of anilines is 1. The Morgan fingerprint density at radius 3 is 2.62 bits per heavy atom. The van der Waals surface area contributed by atoms with Crippen LogP contribution in [0, 0.1) is 12.7 Å². The van der Waals surface area contributed by atoms with Gasteiger partial charge in [-0.15, -0.1) is 0 Å². The Bertz CT molecular complexity index is 1040. The topological polar surface area (TPSA) is 85.1 Å². The molecular weight excluding hydrogens is 437 g/mol. The standard InChI is InChI=1S/C25H34FN5O3/c1-17-20(26)5-3-6-21(17)28-12-14-29(15-13-28)23(33)16-31-22-7-2-4-19(22)24(27-31)25(34)30-10-8-18(32)9-11-30/h3,5-6,18,25,32,34H,2,4,7-16H2,1H3. The fourth-order valence-electron chi connectivity index (χ4n) is 5.54. The highest BCUT2D eigenvalue weighted by Gasteiger charge is 2.32. The average Bonchev–Trinajstić information content (AvgIpc) is 3.45. The first-order valence-electron chi connectivity index (χ1n) is 12.4. The predicted molar refractivity (Wildman–Crippen MR) is 126 cm³/mol. The molecule has 0 saturated carbocycles. The lowest BCUT2D eigenvalue weighted by atomic mass is 10.1. The third-order valence-corrected chi connectivity index (χ3v) is 7.62. The summed E-state index contributed by atoms with van der Waals surface area (Å²) in [4.78, 5) is 19.1. The fourth-order valence-corrected chi connectivity index (χ4v) is 5.54. The van der Waals surface area contributed by atoms with E-state index in [1.54, 1.807) is 17.7 Å². The van der Waals surface area contributed by atoms with E-state index in [4.69, 9.17) is 5.10 Å². The van der Waals surface area contributed by atoms with Gasteiger partial charge in [0.2, 0.25) is 5.91 Å². The largest absolute Gasteiger partial charge is 0.393 e. The van der Waals surface area contributed by atoms with E-state index in [1.165, 1.54) is 6.07 Å². The van der Waals surface area contributed by atoms with Gasteiger partial charge in [0, 0.05) is 61.8 Å². The number of halogens is 1. The van der Waals surface area contributed by atoms with Gasteiger partial charge in [0.05, 0.1) is 6.10 Å². The predicted octanol–water partition coefficient (Wildman–Crippen LogP) is 1.62. The van der Waals surface area contributed by atoms with Crippen LogP contribution in [0.15, 0.2) is 18.2 Å². The molecule has 1 atom stereocenters. The third kappa shape index (κ3) is 4.44. The molecule has 0 bridgehead atoms. The van der Waals surface area contributed by atoms with Crippen LogP contribution in [0.4, 0.5) is 10.1 Å². The molecule has 0 radical (unpaired) electrons. The Labute approximate surface area is 199 Å². The molecule has 2 N–H and O–H groups in total. The van der Waals surface area contributed by atoms with Crippen molar-refractivity contribution in [3.8, 4) is 0 Å². The molecule has 0 spiro atoms. The highest BCUT2D eigenvalue weighted by Crippen LogP contribution is 2.32. The summed E-state index contributed by atoms with van der Waals surface area (Å²) >= 11 is 0. The van der Waals surface area contributed by atoms with Gasteiger partial charge in [-0.1, -0.05) is 6.07 Å². The third-order valence-electron chi connectivity index (χ3n) is 7.62. The second-order valence-corrected chi connectivity index (χ2v) is 9.71. The minimum atomic E-state index is -0.797. The van der Waals surface area contributed by atoms with Gasteiger partial charge in [0.1, 0.15) is 18.1 Å². The normalized spacial score (nSPS) is 20.6. The number of aliphatic hydroxyl groups is 2. The summed E-state index contributed by atoms with van der Waals surface area (Å²) in [7, 11) is 0. The van der Waals surface area contributed by atoms with Crippen LogP contribution in [-0.2, 0) is 24.2 Å². The number of fused-ring (bicyclic) bond motifs is 1. The molecule has 9 heteroatoms. The van der Waals surface area contributed by atoms with Gasteiger partial charge in [-0.05, 0) is 51.2 Å². The Hall–Kier alpha value is -2.49. The van der Waals surface area contributed by atoms with Crippen molar-refractivity contribution in [2.75, 3.05) is 44.2 Å². The van der Waals surface area contributed by atoms with E-state index < -0.39 is 6.23 Å². The van der Waals surface area contributed by atoms with Crippen molar-refractivity contribution in [2.45, 2.75) is 57.9 Å². The molecule has 5 rings (SSSR count).